The lowest BCUT2D eigenvalue weighted by Crippen LogP contribution is -2.57. The lowest BCUT2D eigenvalue weighted by molar-refractivity contribution is -0.155. The molecule has 1 aromatic carbocycles. The van der Waals surface area contributed by atoms with Gasteiger partial charge in [0.25, 0.3) is 23.6 Å². The fraction of sp³-hybridized carbons (Fsp3) is 0.444. The second-order valence-corrected chi connectivity index (χ2v) is 23.4. The van der Waals surface area contributed by atoms with Crippen molar-refractivity contribution in [2.24, 2.45) is 0 Å². The molecule has 404 valence electrons. The smallest absolute Gasteiger partial charge is 0.471 e. The molecule has 3 fully saturated rings. The minimum atomic E-state index is -5.01. The molecule has 5 aliphatic heterocycles. The molecule has 3 saturated heterocycles. The van der Waals surface area contributed by atoms with Gasteiger partial charge in [0.05, 0.1) is 40.6 Å². The van der Waals surface area contributed by atoms with Crippen molar-refractivity contribution in [2.45, 2.75) is 102 Å². The first-order valence-corrected chi connectivity index (χ1v) is 28.5. The Morgan fingerprint density at radius 3 is 2.30 bits per heavy atom. The van der Waals surface area contributed by atoms with Crippen LogP contribution in [0.4, 0.5) is 28.7 Å². The minimum Gasteiger partial charge on any atom is -0.480 e. The number of aromatic nitrogens is 3. The van der Waals surface area contributed by atoms with Crippen molar-refractivity contribution in [3.63, 3.8) is 0 Å². The Hall–Kier alpha value is -6.65. The molecule has 0 radical (unpaired) electrons. The molecule has 6 aliphatic rings. The topological polar surface area (TPSA) is 252 Å². The summed E-state index contributed by atoms with van der Waals surface area (Å²) < 4.78 is 21.4. The number of imide groups is 2. The maximum Gasteiger partial charge on any atom is 0.471 e. The summed E-state index contributed by atoms with van der Waals surface area (Å²) in [5, 5.41) is 15.2. The number of aryl methyl sites for hydroxylation is 1. The van der Waals surface area contributed by atoms with Crippen LogP contribution in [0.2, 0.25) is 0 Å². The van der Waals surface area contributed by atoms with Crippen molar-refractivity contribution in [3.05, 3.63) is 98.6 Å². The van der Waals surface area contributed by atoms with E-state index in [2.05, 4.69) is 42.5 Å². The molecule has 5 amide bonds. The summed E-state index contributed by atoms with van der Waals surface area (Å²) in [6.07, 6.45) is 11.8. The summed E-state index contributed by atoms with van der Waals surface area (Å²) in [5.41, 5.74) is 5.78. The second-order valence-electron chi connectivity index (χ2n) is 21.1. The van der Waals surface area contributed by atoms with Gasteiger partial charge in [0.1, 0.15) is 30.1 Å². The van der Waals surface area contributed by atoms with E-state index < -0.39 is 49.8 Å². The Morgan fingerprint density at radius 2 is 1.57 bits per heavy atom. The van der Waals surface area contributed by atoms with Gasteiger partial charge in [0.15, 0.2) is 0 Å². The zero-order valence-corrected chi connectivity index (χ0v) is 45.0. The monoisotopic (exact) mass is 1090 g/mol. The van der Waals surface area contributed by atoms with Gasteiger partial charge in [-0.2, -0.15) is 0 Å². The first kappa shape index (κ1) is 52.4. The van der Waals surface area contributed by atoms with Crippen LogP contribution in [0.25, 0.3) is 11.1 Å². The molecule has 23 heteroatoms. The highest BCUT2D eigenvalue weighted by Crippen LogP contribution is 2.44. The van der Waals surface area contributed by atoms with E-state index in [1.54, 1.807) is 67.8 Å². The Kier molecular flexibility index (Phi) is 14.0. The number of nitrogens with one attached hydrogen (secondary N) is 1. The number of pyridine rings is 3. The number of phosphoric acid groups is 1. The SMILES string of the molecule is COc1ncc(-c2ccnc(N3CCc4c(sc5c4CCCC5)C3=O)c2C(C)(C)O)cc1Nc1ccc(N2CCN(C3CCN(c4ccc5c(c4)C(=O)N(C4CCC(=O)N(COP(=O)(O)O)C4=O)C5=O)CC3)C[C@@H]2C)cn1. The van der Waals surface area contributed by atoms with Crippen molar-refractivity contribution in [2.75, 3.05) is 73.1 Å². The van der Waals surface area contributed by atoms with E-state index in [4.69, 9.17) is 24.5 Å². The number of nitrogens with zero attached hydrogens (tertiary/aromatic N) is 9. The molecule has 21 nitrogen and oxygen atoms in total. The van der Waals surface area contributed by atoms with Crippen LogP contribution in [0.1, 0.15) is 111 Å². The second kappa shape index (κ2) is 20.6. The maximum atomic E-state index is 14.2. The number of fused-ring (bicyclic) bond motifs is 4. The molecule has 4 aromatic heterocycles. The fourth-order valence-electron chi connectivity index (χ4n) is 12.1. The van der Waals surface area contributed by atoms with Crippen molar-refractivity contribution in [3.8, 4) is 17.0 Å². The molecule has 5 aromatic rings. The number of hydrogen-bond donors (Lipinski definition) is 4. The zero-order valence-electron chi connectivity index (χ0n) is 43.3. The summed E-state index contributed by atoms with van der Waals surface area (Å²) in [6, 6.07) is 12.0. The summed E-state index contributed by atoms with van der Waals surface area (Å²) in [5.74, 6) is -1.68. The Labute approximate surface area is 449 Å². The van der Waals surface area contributed by atoms with Gasteiger partial charge in [0, 0.05) is 91.9 Å². The van der Waals surface area contributed by atoms with Crippen LogP contribution >= 0.6 is 19.2 Å². The lowest BCUT2D eigenvalue weighted by Gasteiger charge is -2.46. The van der Waals surface area contributed by atoms with E-state index in [1.807, 2.05) is 24.4 Å². The predicted octanol–water partition coefficient (Wildman–Crippen LogP) is 6.02. The number of aliphatic hydroxyl groups is 1. The van der Waals surface area contributed by atoms with Gasteiger partial charge >= 0.3 is 7.82 Å². The molecular weight excluding hydrogens is 1030 g/mol. The number of anilines is 5. The van der Waals surface area contributed by atoms with E-state index in [-0.39, 0.29) is 35.9 Å². The molecule has 77 heavy (non-hydrogen) atoms. The van der Waals surface area contributed by atoms with Crippen molar-refractivity contribution < 1.29 is 52.7 Å². The highest BCUT2D eigenvalue weighted by molar-refractivity contribution is 7.46. The molecule has 0 saturated carbocycles. The summed E-state index contributed by atoms with van der Waals surface area (Å²) in [6.45, 7) is 9.09. The molecule has 2 atom stereocenters. The molecule has 1 unspecified atom stereocenters. The quantitative estimate of drug-likeness (QED) is 0.0777. The number of piperazine rings is 1. The van der Waals surface area contributed by atoms with Gasteiger partial charge in [-0.3, -0.25) is 48.1 Å². The summed E-state index contributed by atoms with van der Waals surface area (Å²) in [7, 11) is -3.45. The standard InChI is InChI=1S/C54H61N10O11PS/c1-31-29-60(33-16-20-59(21-17-33)34-9-11-39-40(26-34)51(67)64(50(39)66)42-12-14-45(65)63(52(42)68)30-75-76(71,72)73)23-24-61(31)35-10-13-44(56-28-35)58-41-25-32(27-57-49(41)74-4)36-15-19-55-48(46(36)54(2,3)70)62-22-18-38-37-7-5-6-8-43(37)77-47(38)53(62)69/h9-11,13,15,19,25-28,31,33,42,70H,5-8,12,14,16-18,20-24,29-30H2,1-4H3,(H,56,58)(H2,71,72,73)/t31-,42?/m0/s1. The number of benzene rings is 1. The van der Waals surface area contributed by atoms with E-state index in [0.717, 1.165) is 98.8 Å². The molecule has 4 N–H and O–H groups in total. The number of thiophene rings is 1. The van der Waals surface area contributed by atoms with Crippen LogP contribution in [0, 0.1) is 0 Å². The lowest BCUT2D eigenvalue weighted by atomic mass is 9.89. The van der Waals surface area contributed by atoms with Crippen molar-refractivity contribution in [1.29, 1.82) is 0 Å². The first-order chi connectivity index (χ1) is 36.9. The maximum absolute atomic E-state index is 14.2. The van der Waals surface area contributed by atoms with E-state index in [1.165, 1.54) is 16.0 Å². The largest absolute Gasteiger partial charge is 0.480 e. The number of carbonyl (C=O) groups excluding carboxylic acids is 5. The number of amides is 5. The number of ether oxygens (including phenoxy) is 1. The average Bonchev–Trinajstić information content (AvgIpc) is 4.07. The zero-order chi connectivity index (χ0) is 54.1. The van der Waals surface area contributed by atoms with Gasteiger partial charge in [-0.1, -0.05) is 0 Å². The summed E-state index contributed by atoms with van der Waals surface area (Å²) >= 11 is 1.62. The molecular formula is C54H61N10O11PS. The fourth-order valence-corrected chi connectivity index (χ4v) is 13.7. The number of likely N-dealkylation sites (tertiary alicyclic amines) is 1. The Bertz CT molecular complexity index is 3240. The first-order valence-electron chi connectivity index (χ1n) is 26.1. The van der Waals surface area contributed by atoms with Gasteiger partial charge in [-0.15, -0.1) is 11.3 Å². The molecule has 0 bridgehead atoms. The third-order valence-corrected chi connectivity index (χ3v) is 17.6. The van der Waals surface area contributed by atoms with Crippen LogP contribution in [-0.2, 0) is 43.5 Å². The van der Waals surface area contributed by atoms with Crippen LogP contribution in [0.5, 0.6) is 5.88 Å². The molecule has 9 heterocycles. The molecule has 1 aliphatic carbocycles. The number of piperidine rings is 2. The summed E-state index contributed by atoms with van der Waals surface area (Å²) in [4.78, 5) is 112. The number of carbonyl (C=O) groups is 5. The Balaban J connectivity index is 0.715. The minimum absolute atomic E-state index is 0.0707. The predicted molar refractivity (Wildman–Crippen MR) is 287 cm³/mol. The third-order valence-electron chi connectivity index (χ3n) is 15.9. The van der Waals surface area contributed by atoms with E-state index >= 15 is 0 Å². The number of methoxy groups -OCH3 is 1. The average molecular weight is 1090 g/mol. The third kappa shape index (κ3) is 10.0. The van der Waals surface area contributed by atoms with E-state index in [0.29, 0.717) is 57.4 Å². The highest BCUT2D eigenvalue weighted by Gasteiger charge is 2.48. The Morgan fingerprint density at radius 1 is 0.805 bits per heavy atom. The van der Waals surface area contributed by atoms with Gasteiger partial charge in [-0.25, -0.2) is 19.5 Å². The number of rotatable bonds is 13. The highest BCUT2D eigenvalue weighted by atomic mass is 32.1. The number of phosphoric ester groups is 1. The van der Waals surface area contributed by atoms with Crippen LogP contribution in [-0.4, -0.2) is 145 Å². The van der Waals surface area contributed by atoms with Crippen LogP contribution < -0.4 is 24.8 Å². The van der Waals surface area contributed by atoms with E-state index in [9.17, 15) is 33.6 Å². The molecule has 0 spiro atoms. The molecule has 11 rings (SSSR count). The normalized spacial score (nSPS) is 20.7. The van der Waals surface area contributed by atoms with Gasteiger partial charge < -0.3 is 34.7 Å². The van der Waals surface area contributed by atoms with Crippen LogP contribution in [0.15, 0.2) is 61.1 Å². The number of hydrogen-bond acceptors (Lipinski definition) is 17. The van der Waals surface area contributed by atoms with Crippen molar-refractivity contribution in [1.82, 2.24) is 29.7 Å². The van der Waals surface area contributed by atoms with Crippen molar-refractivity contribution >= 4 is 77.4 Å². The van der Waals surface area contributed by atoms with Gasteiger partial charge in [-0.05, 0) is 131 Å². The van der Waals surface area contributed by atoms with Crippen LogP contribution in [0.3, 0.4) is 0 Å². The van der Waals surface area contributed by atoms with Gasteiger partial charge in [0.2, 0.25) is 11.8 Å².